The van der Waals surface area contributed by atoms with Crippen LogP contribution in [0.1, 0.15) is 12.0 Å². The largest absolute Gasteiger partial charge is 0.489 e. The molecule has 2 aromatic rings. The first-order valence-corrected chi connectivity index (χ1v) is 4.77. The molecule has 0 spiro atoms. The lowest BCUT2D eigenvalue weighted by Gasteiger charge is -2.09. The summed E-state index contributed by atoms with van der Waals surface area (Å²) in [5.74, 6) is 0. The first-order valence-electron chi connectivity index (χ1n) is 4.77. The molecular formula is C11H9BF2O2. The molecule has 2 nitrogen and oxygen atoms in total. The van der Waals surface area contributed by atoms with Gasteiger partial charge in [-0.15, -0.1) is 0 Å². The Kier molecular flexibility index (Phi) is 2.89. The predicted octanol–water partition coefficient (Wildman–Crippen LogP) is 1.46. The van der Waals surface area contributed by atoms with Crippen molar-refractivity contribution in [3.05, 3.63) is 42.0 Å². The Hall–Kier alpha value is -1.46. The Labute approximate surface area is 91.3 Å². The van der Waals surface area contributed by atoms with Gasteiger partial charge in [-0.25, -0.2) is 8.78 Å². The van der Waals surface area contributed by atoms with Crippen LogP contribution in [0.3, 0.4) is 0 Å². The van der Waals surface area contributed by atoms with Gasteiger partial charge in [-0.1, -0.05) is 36.4 Å². The molecule has 0 amide bonds. The molecule has 0 aliphatic carbocycles. The highest BCUT2D eigenvalue weighted by molar-refractivity contribution is 6.62. The third kappa shape index (κ3) is 1.79. The van der Waals surface area contributed by atoms with Crippen molar-refractivity contribution in [1.29, 1.82) is 0 Å². The van der Waals surface area contributed by atoms with Gasteiger partial charge in [0.1, 0.15) is 0 Å². The van der Waals surface area contributed by atoms with E-state index in [0.717, 1.165) is 0 Å². The molecule has 2 rings (SSSR count). The van der Waals surface area contributed by atoms with E-state index in [-0.39, 0.29) is 11.0 Å². The fraction of sp³-hybridized carbons (Fsp3) is 0.0909. The molecule has 0 unspecified atom stereocenters. The zero-order valence-corrected chi connectivity index (χ0v) is 8.27. The zero-order valence-electron chi connectivity index (χ0n) is 8.27. The minimum absolute atomic E-state index is 0.0972. The lowest BCUT2D eigenvalue weighted by molar-refractivity contribution is 0.153. The lowest BCUT2D eigenvalue weighted by Crippen LogP contribution is -2.30. The Morgan fingerprint density at radius 1 is 0.938 bits per heavy atom. The molecule has 0 fully saturated rings. The molecule has 82 valence electrons. The SMILES string of the molecule is OB(O)c1cccc2c(C(F)F)cccc12. The minimum atomic E-state index is -2.57. The maximum Gasteiger partial charge on any atom is 0.489 e. The van der Waals surface area contributed by atoms with E-state index < -0.39 is 13.5 Å². The second-order valence-corrected chi connectivity index (χ2v) is 3.46. The van der Waals surface area contributed by atoms with E-state index in [4.69, 9.17) is 10.0 Å². The first-order chi connectivity index (χ1) is 7.61. The van der Waals surface area contributed by atoms with Crippen LogP contribution in [0.4, 0.5) is 8.78 Å². The molecular weight excluding hydrogens is 213 g/mol. The summed E-state index contributed by atoms with van der Waals surface area (Å²) in [6.07, 6.45) is -2.57. The molecule has 16 heavy (non-hydrogen) atoms. The van der Waals surface area contributed by atoms with Crippen LogP contribution in [-0.4, -0.2) is 17.2 Å². The van der Waals surface area contributed by atoms with E-state index in [1.54, 1.807) is 12.1 Å². The van der Waals surface area contributed by atoms with E-state index in [1.165, 1.54) is 24.3 Å². The van der Waals surface area contributed by atoms with Crippen LogP contribution in [0.5, 0.6) is 0 Å². The van der Waals surface area contributed by atoms with Crippen molar-refractivity contribution in [2.75, 3.05) is 0 Å². The standard InChI is InChI=1S/C11H9BF2O2/c13-11(14)9-5-1-4-8-7(9)3-2-6-10(8)12(15)16/h1-6,11,15-16H. The summed E-state index contributed by atoms with van der Waals surface area (Å²) in [4.78, 5) is 0. The number of hydrogen-bond donors (Lipinski definition) is 2. The molecule has 0 aliphatic rings. The van der Waals surface area contributed by atoms with Gasteiger partial charge in [0, 0.05) is 5.56 Å². The van der Waals surface area contributed by atoms with Crippen LogP contribution in [-0.2, 0) is 0 Å². The van der Waals surface area contributed by atoms with Gasteiger partial charge in [0.2, 0.25) is 0 Å². The minimum Gasteiger partial charge on any atom is -0.423 e. The second kappa shape index (κ2) is 4.19. The Bertz CT molecular complexity index is 467. The van der Waals surface area contributed by atoms with E-state index >= 15 is 0 Å². The van der Waals surface area contributed by atoms with Gasteiger partial charge in [0.05, 0.1) is 0 Å². The summed E-state index contributed by atoms with van der Waals surface area (Å²) in [7, 11) is -1.66. The Balaban J connectivity index is 2.76. The number of hydrogen-bond acceptors (Lipinski definition) is 2. The number of alkyl halides is 2. The molecule has 0 bridgehead atoms. The highest BCUT2D eigenvalue weighted by atomic mass is 19.3. The van der Waals surface area contributed by atoms with Gasteiger partial charge >= 0.3 is 7.12 Å². The van der Waals surface area contributed by atoms with Gasteiger partial charge in [0.25, 0.3) is 6.43 Å². The zero-order chi connectivity index (χ0) is 11.7. The summed E-state index contributed by atoms with van der Waals surface area (Å²) in [5.41, 5.74) is 0.139. The van der Waals surface area contributed by atoms with E-state index in [9.17, 15) is 8.78 Å². The summed E-state index contributed by atoms with van der Waals surface area (Å²) >= 11 is 0. The van der Waals surface area contributed by atoms with Crippen molar-refractivity contribution >= 4 is 23.4 Å². The average molecular weight is 222 g/mol. The first kappa shape index (κ1) is 11.0. The maximum atomic E-state index is 12.7. The number of rotatable bonds is 2. The predicted molar refractivity (Wildman–Crippen MR) is 58.7 cm³/mol. The smallest absolute Gasteiger partial charge is 0.423 e. The van der Waals surface area contributed by atoms with Crippen molar-refractivity contribution in [3.63, 3.8) is 0 Å². The van der Waals surface area contributed by atoms with Crippen molar-refractivity contribution < 1.29 is 18.8 Å². The summed E-state index contributed by atoms with van der Waals surface area (Å²) in [6, 6.07) is 8.99. The van der Waals surface area contributed by atoms with Gasteiger partial charge in [-0.05, 0) is 16.2 Å². The summed E-state index contributed by atoms with van der Waals surface area (Å²) in [6.45, 7) is 0. The normalized spacial score (nSPS) is 11.1. The molecule has 0 aromatic heterocycles. The molecule has 0 atom stereocenters. The fourth-order valence-electron chi connectivity index (χ4n) is 1.77. The third-order valence-electron chi connectivity index (χ3n) is 2.50. The van der Waals surface area contributed by atoms with Gasteiger partial charge in [0.15, 0.2) is 0 Å². The van der Waals surface area contributed by atoms with Crippen molar-refractivity contribution in [2.45, 2.75) is 6.43 Å². The highest BCUT2D eigenvalue weighted by Crippen LogP contribution is 2.26. The van der Waals surface area contributed by atoms with Gasteiger partial charge in [-0.3, -0.25) is 0 Å². The highest BCUT2D eigenvalue weighted by Gasteiger charge is 2.17. The average Bonchev–Trinajstić information content (AvgIpc) is 2.27. The molecule has 0 radical (unpaired) electrons. The Morgan fingerprint density at radius 3 is 2.19 bits per heavy atom. The number of benzene rings is 2. The van der Waals surface area contributed by atoms with Crippen LogP contribution < -0.4 is 5.46 Å². The van der Waals surface area contributed by atoms with E-state index in [2.05, 4.69) is 0 Å². The van der Waals surface area contributed by atoms with E-state index in [0.29, 0.717) is 10.8 Å². The van der Waals surface area contributed by atoms with Gasteiger partial charge < -0.3 is 10.0 Å². The molecule has 0 saturated heterocycles. The lowest BCUT2D eigenvalue weighted by atomic mass is 9.77. The molecule has 2 aromatic carbocycles. The van der Waals surface area contributed by atoms with Crippen LogP contribution in [0.2, 0.25) is 0 Å². The van der Waals surface area contributed by atoms with Crippen molar-refractivity contribution in [2.24, 2.45) is 0 Å². The molecule has 0 saturated carbocycles. The van der Waals surface area contributed by atoms with Crippen LogP contribution >= 0.6 is 0 Å². The number of fused-ring (bicyclic) bond motifs is 1. The Morgan fingerprint density at radius 2 is 1.56 bits per heavy atom. The van der Waals surface area contributed by atoms with Crippen molar-refractivity contribution in [3.8, 4) is 0 Å². The van der Waals surface area contributed by atoms with E-state index in [1.807, 2.05) is 0 Å². The van der Waals surface area contributed by atoms with Crippen LogP contribution in [0.15, 0.2) is 36.4 Å². The topological polar surface area (TPSA) is 40.5 Å². The van der Waals surface area contributed by atoms with Crippen LogP contribution in [0.25, 0.3) is 10.8 Å². The maximum absolute atomic E-state index is 12.7. The molecule has 0 aliphatic heterocycles. The van der Waals surface area contributed by atoms with Crippen LogP contribution in [0, 0.1) is 0 Å². The summed E-state index contributed by atoms with van der Waals surface area (Å²) < 4.78 is 25.4. The molecule has 0 heterocycles. The second-order valence-electron chi connectivity index (χ2n) is 3.46. The van der Waals surface area contributed by atoms with Gasteiger partial charge in [-0.2, -0.15) is 0 Å². The summed E-state index contributed by atoms with van der Waals surface area (Å²) in [5, 5.41) is 19.0. The molecule has 5 heteroatoms. The third-order valence-corrected chi connectivity index (χ3v) is 2.50. The number of halogens is 2. The fourth-order valence-corrected chi connectivity index (χ4v) is 1.77. The monoisotopic (exact) mass is 222 g/mol. The quantitative estimate of drug-likeness (QED) is 0.755. The van der Waals surface area contributed by atoms with Crippen molar-refractivity contribution in [1.82, 2.24) is 0 Å². The molecule has 2 N–H and O–H groups in total.